The van der Waals surface area contributed by atoms with Gasteiger partial charge in [0.2, 0.25) is 0 Å². The van der Waals surface area contributed by atoms with Crippen LogP contribution in [-0.4, -0.2) is 53.4 Å². The molecule has 0 radical (unpaired) electrons. The number of amides is 1. The zero-order chi connectivity index (χ0) is 19.3. The van der Waals surface area contributed by atoms with Gasteiger partial charge >= 0.3 is 0 Å². The van der Waals surface area contributed by atoms with Crippen LogP contribution in [0.2, 0.25) is 0 Å². The SMILES string of the molecule is CCc1cccc2c(C(=O)NCc3cccs3)nn(CCN3CCOCC3)c12. The smallest absolute Gasteiger partial charge is 0.272 e. The van der Waals surface area contributed by atoms with E-state index in [4.69, 9.17) is 9.84 Å². The number of carbonyl (C=O) groups is 1. The van der Waals surface area contributed by atoms with Gasteiger partial charge in [0.1, 0.15) is 0 Å². The summed E-state index contributed by atoms with van der Waals surface area (Å²) in [6, 6.07) is 10.2. The van der Waals surface area contributed by atoms with Crippen LogP contribution in [0.1, 0.15) is 27.9 Å². The predicted octanol–water partition coefficient (Wildman–Crippen LogP) is 2.92. The first-order valence-electron chi connectivity index (χ1n) is 9.85. The average Bonchev–Trinajstić information content (AvgIpc) is 3.39. The van der Waals surface area contributed by atoms with Gasteiger partial charge in [-0.3, -0.25) is 14.4 Å². The summed E-state index contributed by atoms with van der Waals surface area (Å²) in [5.74, 6) is -0.114. The fraction of sp³-hybridized carbons (Fsp3) is 0.429. The van der Waals surface area contributed by atoms with Crippen molar-refractivity contribution in [3.8, 4) is 0 Å². The second-order valence-electron chi connectivity index (χ2n) is 6.95. The van der Waals surface area contributed by atoms with E-state index in [1.807, 2.05) is 34.3 Å². The Hall–Kier alpha value is -2.22. The monoisotopic (exact) mass is 398 g/mol. The summed E-state index contributed by atoms with van der Waals surface area (Å²) < 4.78 is 7.45. The van der Waals surface area contributed by atoms with Crippen molar-refractivity contribution in [1.82, 2.24) is 20.0 Å². The van der Waals surface area contributed by atoms with Crippen LogP contribution < -0.4 is 5.32 Å². The minimum absolute atomic E-state index is 0.114. The molecular formula is C21H26N4O2S. The first-order valence-corrected chi connectivity index (χ1v) is 10.7. The molecule has 7 heteroatoms. The van der Waals surface area contributed by atoms with Crippen molar-refractivity contribution in [1.29, 1.82) is 0 Å². The Kier molecular flexibility index (Phi) is 6.04. The molecule has 0 spiro atoms. The van der Waals surface area contributed by atoms with E-state index in [2.05, 4.69) is 23.2 Å². The number of hydrogen-bond donors (Lipinski definition) is 1. The molecule has 148 valence electrons. The van der Waals surface area contributed by atoms with Crippen LogP contribution >= 0.6 is 11.3 Å². The molecule has 1 N–H and O–H groups in total. The van der Waals surface area contributed by atoms with Crippen molar-refractivity contribution in [3.05, 3.63) is 51.8 Å². The number of carbonyl (C=O) groups excluding carboxylic acids is 1. The Morgan fingerprint density at radius 3 is 2.82 bits per heavy atom. The van der Waals surface area contributed by atoms with E-state index in [9.17, 15) is 4.79 Å². The second kappa shape index (κ2) is 8.86. The average molecular weight is 399 g/mol. The summed E-state index contributed by atoms with van der Waals surface area (Å²) >= 11 is 1.64. The van der Waals surface area contributed by atoms with E-state index in [0.717, 1.165) is 61.6 Å². The molecule has 6 nitrogen and oxygen atoms in total. The largest absolute Gasteiger partial charge is 0.379 e. The van der Waals surface area contributed by atoms with Crippen LogP contribution in [-0.2, 0) is 24.2 Å². The fourth-order valence-electron chi connectivity index (χ4n) is 3.65. The van der Waals surface area contributed by atoms with Crippen molar-refractivity contribution in [2.45, 2.75) is 26.4 Å². The second-order valence-corrected chi connectivity index (χ2v) is 7.99. The number of para-hydroxylation sites is 1. The molecular weight excluding hydrogens is 372 g/mol. The van der Waals surface area contributed by atoms with Gasteiger partial charge in [-0.05, 0) is 23.4 Å². The van der Waals surface area contributed by atoms with E-state index in [1.165, 1.54) is 5.56 Å². The normalized spacial score (nSPS) is 15.2. The number of nitrogens with zero attached hydrogens (tertiary/aromatic N) is 3. The van der Waals surface area contributed by atoms with E-state index in [1.54, 1.807) is 11.3 Å². The number of morpholine rings is 1. The van der Waals surface area contributed by atoms with Gasteiger partial charge in [0.15, 0.2) is 5.69 Å². The lowest BCUT2D eigenvalue weighted by Gasteiger charge is -2.26. The molecule has 0 bridgehead atoms. The van der Waals surface area contributed by atoms with E-state index in [0.29, 0.717) is 12.2 Å². The minimum Gasteiger partial charge on any atom is -0.379 e. The van der Waals surface area contributed by atoms with Crippen LogP contribution in [0.3, 0.4) is 0 Å². The number of fused-ring (bicyclic) bond motifs is 1. The molecule has 1 saturated heterocycles. The lowest BCUT2D eigenvalue weighted by atomic mass is 10.1. The Balaban J connectivity index is 1.58. The molecule has 0 atom stereocenters. The summed E-state index contributed by atoms with van der Waals surface area (Å²) in [6.07, 6.45) is 0.914. The topological polar surface area (TPSA) is 59.4 Å². The number of ether oxygens (including phenoxy) is 1. The number of hydrogen-bond acceptors (Lipinski definition) is 5. The van der Waals surface area contributed by atoms with Gasteiger partial charge < -0.3 is 10.1 Å². The quantitative estimate of drug-likeness (QED) is 0.665. The molecule has 1 aliphatic heterocycles. The summed E-state index contributed by atoms with van der Waals surface area (Å²) in [6.45, 7) is 7.84. The summed E-state index contributed by atoms with van der Waals surface area (Å²) in [4.78, 5) is 16.4. The highest BCUT2D eigenvalue weighted by molar-refractivity contribution is 7.09. The van der Waals surface area contributed by atoms with Crippen molar-refractivity contribution in [2.75, 3.05) is 32.8 Å². The number of aromatic nitrogens is 2. The molecule has 1 aromatic carbocycles. The number of nitrogens with one attached hydrogen (secondary N) is 1. The molecule has 3 aromatic rings. The first-order chi connectivity index (χ1) is 13.8. The first kappa shape index (κ1) is 19.1. The van der Waals surface area contributed by atoms with Gasteiger partial charge in [-0.15, -0.1) is 11.3 Å². The number of rotatable bonds is 7. The molecule has 28 heavy (non-hydrogen) atoms. The van der Waals surface area contributed by atoms with Crippen LogP contribution in [0.5, 0.6) is 0 Å². The van der Waals surface area contributed by atoms with Crippen molar-refractivity contribution in [3.63, 3.8) is 0 Å². The molecule has 1 aliphatic rings. The minimum atomic E-state index is -0.114. The van der Waals surface area contributed by atoms with E-state index >= 15 is 0 Å². The zero-order valence-corrected chi connectivity index (χ0v) is 17.0. The van der Waals surface area contributed by atoms with Crippen molar-refractivity contribution < 1.29 is 9.53 Å². The lowest BCUT2D eigenvalue weighted by molar-refractivity contribution is 0.0361. The predicted molar refractivity (Wildman–Crippen MR) is 112 cm³/mol. The van der Waals surface area contributed by atoms with E-state index in [-0.39, 0.29) is 5.91 Å². The molecule has 1 amide bonds. The maximum absolute atomic E-state index is 12.9. The zero-order valence-electron chi connectivity index (χ0n) is 16.2. The third kappa shape index (κ3) is 4.11. The summed E-state index contributed by atoms with van der Waals surface area (Å²) in [7, 11) is 0. The maximum Gasteiger partial charge on any atom is 0.272 e. The highest BCUT2D eigenvalue weighted by atomic mass is 32.1. The van der Waals surface area contributed by atoms with Crippen LogP contribution in [0.25, 0.3) is 10.9 Å². The molecule has 2 aromatic heterocycles. The van der Waals surface area contributed by atoms with Gasteiger partial charge in [-0.1, -0.05) is 31.2 Å². The van der Waals surface area contributed by atoms with Gasteiger partial charge in [-0.2, -0.15) is 5.10 Å². The Morgan fingerprint density at radius 2 is 2.07 bits per heavy atom. The summed E-state index contributed by atoms with van der Waals surface area (Å²) in [5.41, 5.74) is 2.83. The van der Waals surface area contributed by atoms with Crippen molar-refractivity contribution >= 4 is 28.1 Å². The van der Waals surface area contributed by atoms with Crippen molar-refractivity contribution in [2.24, 2.45) is 0 Å². The lowest BCUT2D eigenvalue weighted by Crippen LogP contribution is -2.38. The van der Waals surface area contributed by atoms with Crippen LogP contribution in [0.4, 0.5) is 0 Å². The third-order valence-corrected chi connectivity index (χ3v) is 6.06. The molecule has 0 unspecified atom stereocenters. The van der Waals surface area contributed by atoms with Gasteiger partial charge in [0.25, 0.3) is 5.91 Å². The number of thiophene rings is 1. The third-order valence-electron chi connectivity index (χ3n) is 5.18. The number of benzene rings is 1. The highest BCUT2D eigenvalue weighted by Gasteiger charge is 2.20. The van der Waals surface area contributed by atoms with E-state index < -0.39 is 0 Å². The Bertz CT molecular complexity index is 929. The van der Waals surface area contributed by atoms with Gasteiger partial charge in [0.05, 0.1) is 31.8 Å². The molecule has 4 rings (SSSR count). The highest BCUT2D eigenvalue weighted by Crippen LogP contribution is 2.23. The maximum atomic E-state index is 12.9. The Labute approximate surface area is 169 Å². The molecule has 1 fully saturated rings. The van der Waals surface area contributed by atoms with Gasteiger partial charge in [-0.25, -0.2) is 0 Å². The Morgan fingerprint density at radius 1 is 1.21 bits per heavy atom. The standard InChI is InChI=1S/C21H26N4O2S/c1-2-16-5-3-7-18-19(21(26)22-15-17-6-4-14-28-17)23-25(20(16)18)9-8-24-10-12-27-13-11-24/h3-7,14H,2,8-13,15H2,1H3,(H,22,26). The summed E-state index contributed by atoms with van der Waals surface area (Å²) in [5, 5.41) is 10.7. The fourth-order valence-corrected chi connectivity index (χ4v) is 4.30. The van der Waals surface area contributed by atoms with Crippen LogP contribution in [0, 0.1) is 0 Å². The molecule has 3 heterocycles. The molecule has 0 aliphatic carbocycles. The number of aryl methyl sites for hydroxylation is 1. The van der Waals surface area contributed by atoms with Crippen LogP contribution in [0.15, 0.2) is 35.7 Å². The molecule has 0 saturated carbocycles. The van der Waals surface area contributed by atoms with Gasteiger partial charge in [0, 0.05) is 29.9 Å².